The van der Waals surface area contributed by atoms with E-state index in [9.17, 15) is 9.18 Å². The first-order chi connectivity index (χ1) is 14.0. The van der Waals surface area contributed by atoms with Crippen LogP contribution >= 0.6 is 27.5 Å². The lowest BCUT2D eigenvalue weighted by molar-refractivity contribution is 0.630. The second-order valence-corrected chi connectivity index (χ2v) is 8.42. The zero-order valence-electron chi connectivity index (χ0n) is 15.1. The van der Waals surface area contributed by atoms with Crippen LogP contribution in [0.2, 0.25) is 5.02 Å². The zero-order valence-corrected chi connectivity index (χ0v) is 17.4. The number of imidazole rings is 1. The Labute approximate surface area is 178 Å². The molecule has 1 fully saturated rings. The van der Waals surface area contributed by atoms with E-state index in [2.05, 4.69) is 41.5 Å². The lowest BCUT2D eigenvalue weighted by Gasteiger charge is -2.18. The molecule has 1 aliphatic rings. The van der Waals surface area contributed by atoms with Crippen LogP contribution in [0.3, 0.4) is 0 Å². The highest BCUT2D eigenvalue weighted by Gasteiger charge is 2.22. The van der Waals surface area contributed by atoms with Crippen molar-refractivity contribution in [3.63, 3.8) is 0 Å². The van der Waals surface area contributed by atoms with Crippen LogP contribution in [0.25, 0.3) is 33.3 Å². The van der Waals surface area contributed by atoms with E-state index in [1.165, 1.54) is 12.1 Å². The number of hydrogen-bond acceptors (Lipinski definition) is 4. The fourth-order valence-corrected chi connectivity index (χ4v) is 4.27. The van der Waals surface area contributed by atoms with Gasteiger partial charge in [0.25, 0.3) is 5.56 Å². The van der Waals surface area contributed by atoms with Gasteiger partial charge in [0.2, 0.25) is 0 Å². The highest BCUT2D eigenvalue weighted by atomic mass is 79.9. The lowest BCUT2D eigenvalue weighted by atomic mass is 10.1. The third kappa shape index (κ3) is 3.31. The predicted octanol–water partition coefficient (Wildman–Crippen LogP) is 4.40. The Hall–Kier alpha value is -2.42. The number of H-pyrrole nitrogens is 2. The molecule has 148 valence electrons. The van der Waals surface area contributed by atoms with Crippen LogP contribution in [-0.4, -0.2) is 34.1 Å². The van der Waals surface area contributed by atoms with E-state index >= 15 is 0 Å². The Morgan fingerprint density at radius 2 is 2.07 bits per heavy atom. The van der Waals surface area contributed by atoms with Crippen LogP contribution in [-0.2, 0) is 0 Å². The summed E-state index contributed by atoms with van der Waals surface area (Å²) in [5.74, 6) is -0.181. The molecular formula is C20H16BrClFN5O. The third-order valence-corrected chi connectivity index (χ3v) is 5.93. The summed E-state index contributed by atoms with van der Waals surface area (Å²) in [4.78, 5) is 23.5. The average molecular weight is 477 g/mol. The number of anilines is 1. The second kappa shape index (κ2) is 7.12. The highest BCUT2D eigenvalue weighted by Crippen LogP contribution is 2.34. The summed E-state index contributed by atoms with van der Waals surface area (Å²) < 4.78 is 14.8. The number of nitrogens with one attached hydrogen (secondary N) is 4. The zero-order chi connectivity index (χ0) is 20.1. The molecule has 0 aliphatic carbocycles. The molecule has 0 bridgehead atoms. The number of pyridine rings is 1. The Bertz CT molecular complexity index is 1270. The van der Waals surface area contributed by atoms with Gasteiger partial charge in [-0.15, -0.1) is 0 Å². The lowest BCUT2D eigenvalue weighted by Crippen LogP contribution is -2.24. The normalized spacial score (nSPS) is 16.7. The molecule has 1 saturated heterocycles. The van der Waals surface area contributed by atoms with Crippen molar-refractivity contribution in [3.05, 3.63) is 56.0 Å². The molecule has 6 nitrogen and oxygen atoms in total. The molecule has 2 aromatic heterocycles. The standard InChI is InChI=1S/C20H16BrClFN5O/c21-9-1-2-14-11(5-9)18(25-10-3-4-24-8-10)17(20(29)28-14)19-26-15-6-12(22)13(23)7-16(15)27-19/h1-2,5-7,10,24H,3-4,8H2,(H,26,27)(H2,25,28,29). The third-order valence-electron chi connectivity index (χ3n) is 5.15. The molecule has 4 N–H and O–H groups in total. The summed E-state index contributed by atoms with van der Waals surface area (Å²) in [6, 6.07) is 8.62. The van der Waals surface area contributed by atoms with E-state index in [4.69, 9.17) is 11.6 Å². The van der Waals surface area contributed by atoms with E-state index in [0.29, 0.717) is 28.1 Å². The molecule has 3 heterocycles. The number of hydrogen-bond donors (Lipinski definition) is 4. The van der Waals surface area contributed by atoms with Crippen molar-refractivity contribution < 1.29 is 4.39 Å². The summed E-state index contributed by atoms with van der Waals surface area (Å²) in [5.41, 5.74) is 2.50. The molecule has 5 rings (SSSR count). The first-order valence-electron chi connectivity index (χ1n) is 9.17. The topological polar surface area (TPSA) is 85.6 Å². The fraction of sp³-hybridized carbons (Fsp3) is 0.200. The first kappa shape index (κ1) is 18.6. The maximum atomic E-state index is 13.9. The van der Waals surface area contributed by atoms with Crippen LogP contribution in [0.15, 0.2) is 39.6 Å². The van der Waals surface area contributed by atoms with Crippen LogP contribution in [0, 0.1) is 5.82 Å². The van der Waals surface area contributed by atoms with Crippen LogP contribution < -0.4 is 16.2 Å². The summed E-state index contributed by atoms with van der Waals surface area (Å²) >= 11 is 9.40. The van der Waals surface area contributed by atoms with E-state index in [0.717, 1.165) is 34.9 Å². The van der Waals surface area contributed by atoms with Crippen molar-refractivity contribution in [1.82, 2.24) is 20.3 Å². The monoisotopic (exact) mass is 475 g/mol. The number of rotatable bonds is 3. The maximum Gasteiger partial charge on any atom is 0.261 e. The molecular weight excluding hydrogens is 461 g/mol. The van der Waals surface area contributed by atoms with Crippen molar-refractivity contribution >= 4 is 55.2 Å². The van der Waals surface area contributed by atoms with Gasteiger partial charge >= 0.3 is 0 Å². The maximum absolute atomic E-state index is 13.9. The quantitative estimate of drug-likeness (QED) is 0.353. The average Bonchev–Trinajstić information content (AvgIpc) is 3.32. The number of halogens is 3. The summed E-state index contributed by atoms with van der Waals surface area (Å²) in [7, 11) is 0. The van der Waals surface area contributed by atoms with Gasteiger partial charge in [0, 0.05) is 28.5 Å². The summed E-state index contributed by atoms with van der Waals surface area (Å²) in [5, 5.41) is 7.70. The minimum atomic E-state index is -0.541. The molecule has 29 heavy (non-hydrogen) atoms. The number of aromatic amines is 2. The van der Waals surface area contributed by atoms with E-state index < -0.39 is 5.82 Å². The predicted molar refractivity (Wildman–Crippen MR) is 117 cm³/mol. The molecule has 0 amide bonds. The van der Waals surface area contributed by atoms with E-state index in [-0.39, 0.29) is 16.6 Å². The smallest absolute Gasteiger partial charge is 0.261 e. The molecule has 4 aromatic rings. The minimum absolute atomic E-state index is 0.0118. The van der Waals surface area contributed by atoms with Gasteiger partial charge in [-0.2, -0.15) is 0 Å². The molecule has 2 aromatic carbocycles. The number of benzene rings is 2. The van der Waals surface area contributed by atoms with Crippen molar-refractivity contribution in [2.75, 3.05) is 18.4 Å². The minimum Gasteiger partial charge on any atom is -0.380 e. The fourth-order valence-electron chi connectivity index (χ4n) is 3.75. The Morgan fingerprint density at radius 3 is 2.86 bits per heavy atom. The van der Waals surface area contributed by atoms with Gasteiger partial charge < -0.3 is 20.6 Å². The van der Waals surface area contributed by atoms with Crippen LogP contribution in [0.5, 0.6) is 0 Å². The number of nitrogens with zero attached hydrogens (tertiary/aromatic N) is 1. The van der Waals surface area contributed by atoms with Gasteiger partial charge in [-0.25, -0.2) is 9.37 Å². The summed E-state index contributed by atoms with van der Waals surface area (Å²) in [6.45, 7) is 1.73. The van der Waals surface area contributed by atoms with Crippen LogP contribution in [0.4, 0.5) is 10.1 Å². The number of aromatic nitrogens is 3. The van der Waals surface area contributed by atoms with Crippen molar-refractivity contribution in [3.8, 4) is 11.4 Å². The molecule has 1 unspecified atom stereocenters. The first-order valence-corrected chi connectivity index (χ1v) is 10.3. The molecule has 0 spiro atoms. The van der Waals surface area contributed by atoms with Gasteiger partial charge in [-0.3, -0.25) is 4.79 Å². The van der Waals surface area contributed by atoms with Gasteiger partial charge in [-0.05, 0) is 37.2 Å². The van der Waals surface area contributed by atoms with Gasteiger partial charge in [0.15, 0.2) is 0 Å². The molecule has 1 aliphatic heterocycles. The van der Waals surface area contributed by atoms with Gasteiger partial charge in [0.05, 0.1) is 27.3 Å². The Kier molecular flexibility index (Phi) is 4.57. The molecule has 9 heteroatoms. The van der Waals surface area contributed by atoms with Crippen LogP contribution in [0.1, 0.15) is 6.42 Å². The van der Waals surface area contributed by atoms with Crippen molar-refractivity contribution in [2.45, 2.75) is 12.5 Å². The number of fused-ring (bicyclic) bond motifs is 2. The molecule has 0 radical (unpaired) electrons. The van der Waals surface area contributed by atoms with E-state index in [1.807, 2.05) is 18.2 Å². The highest BCUT2D eigenvalue weighted by molar-refractivity contribution is 9.10. The SMILES string of the molecule is O=c1[nH]c2ccc(Br)cc2c(NC2CCNC2)c1-c1nc2cc(Cl)c(F)cc2[nH]1. The Balaban J connectivity index is 1.77. The molecule has 0 saturated carbocycles. The Morgan fingerprint density at radius 1 is 1.21 bits per heavy atom. The largest absolute Gasteiger partial charge is 0.380 e. The van der Waals surface area contributed by atoms with Gasteiger partial charge in [0.1, 0.15) is 17.2 Å². The van der Waals surface area contributed by atoms with Crippen molar-refractivity contribution in [1.29, 1.82) is 0 Å². The van der Waals surface area contributed by atoms with E-state index in [1.54, 1.807) is 0 Å². The van der Waals surface area contributed by atoms with Gasteiger partial charge in [-0.1, -0.05) is 27.5 Å². The second-order valence-electron chi connectivity index (χ2n) is 7.10. The summed E-state index contributed by atoms with van der Waals surface area (Å²) in [6.07, 6.45) is 0.947. The van der Waals surface area contributed by atoms with Crippen molar-refractivity contribution in [2.24, 2.45) is 0 Å². The molecule has 1 atom stereocenters.